The van der Waals surface area contributed by atoms with Gasteiger partial charge in [0.05, 0.1) is 25.3 Å². The van der Waals surface area contributed by atoms with Gasteiger partial charge in [-0.15, -0.1) is 0 Å². The normalized spacial score (nSPS) is 21.3. The van der Waals surface area contributed by atoms with E-state index >= 15 is 0 Å². The number of amides is 3. The van der Waals surface area contributed by atoms with Crippen LogP contribution < -0.4 is 10.1 Å². The highest BCUT2D eigenvalue weighted by Gasteiger charge is 2.36. The van der Waals surface area contributed by atoms with Gasteiger partial charge in [0.15, 0.2) is 0 Å². The molecular weight excluding hydrogens is 422 g/mol. The number of carbonyl (C=O) groups is 3. The van der Waals surface area contributed by atoms with Gasteiger partial charge in [0.2, 0.25) is 11.8 Å². The number of hydrogen-bond donors (Lipinski definition) is 1. The SMILES string of the molecule is CCC(=O)N1C[C@@H]2NC(=O)CN(C)C(=O)c3ccc(C)c(c3)Oc3cccc(c3)CO[C@H]2C1. The van der Waals surface area contributed by atoms with Gasteiger partial charge in [-0.05, 0) is 42.3 Å². The van der Waals surface area contributed by atoms with Crippen molar-refractivity contribution in [1.82, 2.24) is 15.1 Å². The first-order valence-corrected chi connectivity index (χ1v) is 11.2. The number of nitrogens with one attached hydrogen (secondary N) is 1. The monoisotopic (exact) mass is 451 g/mol. The number of hydrogen-bond acceptors (Lipinski definition) is 5. The predicted octanol–water partition coefficient (Wildman–Crippen LogP) is 2.50. The van der Waals surface area contributed by atoms with Crippen molar-refractivity contribution < 1.29 is 23.9 Å². The number of nitrogens with zero attached hydrogens (tertiary/aromatic N) is 2. The Hall–Kier alpha value is -3.39. The maximum Gasteiger partial charge on any atom is 0.254 e. The molecule has 2 aromatic rings. The molecule has 174 valence electrons. The second kappa shape index (κ2) is 9.62. The van der Waals surface area contributed by atoms with Crippen LogP contribution in [0.1, 0.15) is 34.8 Å². The van der Waals surface area contributed by atoms with E-state index in [9.17, 15) is 14.4 Å². The van der Waals surface area contributed by atoms with Crippen LogP contribution in [0.25, 0.3) is 0 Å². The molecule has 2 aliphatic heterocycles. The topological polar surface area (TPSA) is 88.2 Å². The fourth-order valence-electron chi connectivity index (χ4n) is 4.14. The minimum Gasteiger partial charge on any atom is -0.457 e. The number of benzene rings is 2. The molecular formula is C25H29N3O5. The Bertz CT molecular complexity index is 1070. The third-order valence-electron chi connectivity index (χ3n) is 6.02. The number of ether oxygens (including phenoxy) is 2. The Morgan fingerprint density at radius 1 is 1.15 bits per heavy atom. The summed E-state index contributed by atoms with van der Waals surface area (Å²) in [5, 5.41) is 2.97. The largest absolute Gasteiger partial charge is 0.457 e. The number of fused-ring (bicyclic) bond motifs is 5. The average molecular weight is 452 g/mol. The molecule has 8 nitrogen and oxygen atoms in total. The van der Waals surface area contributed by atoms with Gasteiger partial charge in [0.1, 0.15) is 11.5 Å². The number of aryl methyl sites for hydroxylation is 1. The molecule has 0 unspecified atom stereocenters. The molecule has 3 amide bonds. The fraction of sp³-hybridized carbons (Fsp3) is 0.400. The van der Waals surface area contributed by atoms with Gasteiger partial charge in [-0.1, -0.05) is 25.1 Å². The smallest absolute Gasteiger partial charge is 0.254 e. The van der Waals surface area contributed by atoms with E-state index in [1.165, 1.54) is 4.90 Å². The van der Waals surface area contributed by atoms with Crippen LogP contribution >= 0.6 is 0 Å². The zero-order valence-corrected chi connectivity index (χ0v) is 19.2. The van der Waals surface area contributed by atoms with Gasteiger partial charge in [-0.3, -0.25) is 14.4 Å². The second-order valence-electron chi connectivity index (χ2n) is 8.57. The number of likely N-dealkylation sites (tertiary alicyclic amines) is 1. The maximum atomic E-state index is 13.0. The lowest BCUT2D eigenvalue weighted by molar-refractivity contribution is -0.130. The van der Waals surface area contributed by atoms with Crippen LogP contribution in [0.15, 0.2) is 42.5 Å². The molecule has 0 spiro atoms. The van der Waals surface area contributed by atoms with Crippen LogP contribution in [-0.4, -0.2) is 66.3 Å². The molecule has 4 bridgehead atoms. The van der Waals surface area contributed by atoms with Gasteiger partial charge in [0.25, 0.3) is 5.91 Å². The lowest BCUT2D eigenvalue weighted by Crippen LogP contribution is -2.48. The van der Waals surface area contributed by atoms with Crippen LogP contribution in [0.3, 0.4) is 0 Å². The maximum absolute atomic E-state index is 13.0. The molecule has 2 heterocycles. The van der Waals surface area contributed by atoms with E-state index in [0.717, 1.165) is 11.1 Å². The molecule has 1 N–H and O–H groups in total. The molecule has 0 radical (unpaired) electrons. The van der Waals surface area contributed by atoms with Crippen molar-refractivity contribution in [2.75, 3.05) is 26.7 Å². The molecule has 2 aliphatic rings. The minimum absolute atomic E-state index is 0.0172. The fourth-order valence-corrected chi connectivity index (χ4v) is 4.14. The van der Waals surface area contributed by atoms with E-state index in [1.807, 2.05) is 44.2 Å². The summed E-state index contributed by atoms with van der Waals surface area (Å²) >= 11 is 0. The highest BCUT2D eigenvalue weighted by molar-refractivity contribution is 5.96. The van der Waals surface area contributed by atoms with Gasteiger partial charge in [0, 0.05) is 32.1 Å². The van der Waals surface area contributed by atoms with E-state index in [-0.39, 0.29) is 36.4 Å². The minimum atomic E-state index is -0.352. The first-order chi connectivity index (χ1) is 15.8. The molecule has 2 aromatic carbocycles. The predicted molar refractivity (Wildman–Crippen MR) is 122 cm³/mol. The van der Waals surface area contributed by atoms with E-state index in [2.05, 4.69) is 5.32 Å². The molecule has 4 rings (SSSR count). The number of carbonyl (C=O) groups excluding carboxylic acids is 3. The number of rotatable bonds is 1. The summed E-state index contributed by atoms with van der Waals surface area (Å²) in [5.41, 5.74) is 2.25. The van der Waals surface area contributed by atoms with Crippen molar-refractivity contribution in [2.45, 2.75) is 39.0 Å². The van der Waals surface area contributed by atoms with Crippen molar-refractivity contribution in [3.63, 3.8) is 0 Å². The molecule has 33 heavy (non-hydrogen) atoms. The Balaban J connectivity index is 1.65. The summed E-state index contributed by atoms with van der Waals surface area (Å²) < 4.78 is 12.2. The average Bonchev–Trinajstić information content (AvgIpc) is 3.20. The zero-order valence-electron chi connectivity index (χ0n) is 19.2. The van der Waals surface area contributed by atoms with Crippen LogP contribution in [0, 0.1) is 6.92 Å². The van der Waals surface area contributed by atoms with E-state index < -0.39 is 0 Å². The summed E-state index contributed by atoms with van der Waals surface area (Å²) in [6.45, 7) is 4.73. The highest BCUT2D eigenvalue weighted by atomic mass is 16.5. The third-order valence-corrected chi connectivity index (χ3v) is 6.02. The van der Waals surface area contributed by atoms with Crippen molar-refractivity contribution in [2.24, 2.45) is 0 Å². The Morgan fingerprint density at radius 3 is 2.76 bits per heavy atom. The van der Waals surface area contributed by atoms with Gasteiger partial charge in [-0.25, -0.2) is 0 Å². The quantitative estimate of drug-likeness (QED) is 0.720. The summed E-state index contributed by atoms with van der Waals surface area (Å²) in [6.07, 6.45) is 0.0416. The molecule has 2 atom stereocenters. The number of likely N-dealkylation sites (N-methyl/N-ethyl adjacent to an activating group) is 1. The van der Waals surface area contributed by atoms with Crippen molar-refractivity contribution in [3.8, 4) is 11.5 Å². The molecule has 1 fully saturated rings. The third kappa shape index (κ3) is 5.17. The summed E-state index contributed by atoms with van der Waals surface area (Å²) in [5.74, 6) is 0.658. The molecule has 0 aliphatic carbocycles. The highest BCUT2D eigenvalue weighted by Crippen LogP contribution is 2.28. The van der Waals surface area contributed by atoms with Crippen molar-refractivity contribution >= 4 is 17.7 Å². The first kappa shape index (κ1) is 22.8. The lowest BCUT2D eigenvalue weighted by Gasteiger charge is -2.23. The van der Waals surface area contributed by atoms with E-state index in [4.69, 9.17) is 9.47 Å². The molecule has 0 saturated carbocycles. The van der Waals surface area contributed by atoms with Crippen molar-refractivity contribution in [3.05, 3.63) is 59.2 Å². The summed E-state index contributed by atoms with van der Waals surface area (Å²) in [4.78, 5) is 41.1. The van der Waals surface area contributed by atoms with E-state index in [1.54, 1.807) is 24.1 Å². The summed E-state index contributed by atoms with van der Waals surface area (Å²) in [6, 6.07) is 12.5. The second-order valence-corrected chi connectivity index (χ2v) is 8.57. The van der Waals surface area contributed by atoms with Gasteiger partial charge >= 0.3 is 0 Å². The zero-order chi connectivity index (χ0) is 23.5. The standard InChI is InChI=1S/C25H29N3O5/c1-4-24(30)28-12-20-22(13-28)32-15-17-6-5-7-19(10-17)33-21-11-18(9-8-16(21)2)25(31)27(3)14-23(29)26-20/h5-11,20,22H,4,12-15H2,1-3H3,(H,26,29)/t20-,22-/m0/s1. The Morgan fingerprint density at radius 2 is 1.97 bits per heavy atom. The van der Waals surface area contributed by atoms with E-state index in [0.29, 0.717) is 43.2 Å². The lowest BCUT2D eigenvalue weighted by atomic mass is 10.1. The Kier molecular flexibility index (Phi) is 6.65. The van der Waals surface area contributed by atoms with Gasteiger partial charge < -0.3 is 24.6 Å². The van der Waals surface area contributed by atoms with Crippen molar-refractivity contribution in [1.29, 1.82) is 0 Å². The summed E-state index contributed by atoms with van der Waals surface area (Å²) in [7, 11) is 1.59. The first-order valence-electron chi connectivity index (χ1n) is 11.2. The van der Waals surface area contributed by atoms with Crippen LogP contribution in [0.5, 0.6) is 11.5 Å². The Labute approximate surface area is 193 Å². The van der Waals surface area contributed by atoms with Crippen LogP contribution in [0.2, 0.25) is 0 Å². The molecule has 0 aromatic heterocycles. The van der Waals surface area contributed by atoms with Crippen LogP contribution in [-0.2, 0) is 20.9 Å². The van der Waals surface area contributed by atoms with Crippen LogP contribution in [0.4, 0.5) is 0 Å². The molecule has 8 heteroatoms. The van der Waals surface area contributed by atoms with Gasteiger partial charge in [-0.2, -0.15) is 0 Å². The molecule has 1 saturated heterocycles.